The lowest BCUT2D eigenvalue weighted by molar-refractivity contribution is 0.112. The lowest BCUT2D eigenvalue weighted by Gasteiger charge is -2.01. The third-order valence-electron chi connectivity index (χ3n) is 2.14. The maximum atomic E-state index is 10.6. The number of carbonyl (C=O) groups is 1. The average molecular weight is 198 g/mol. The molecule has 0 radical (unpaired) electrons. The van der Waals surface area contributed by atoms with E-state index in [1.165, 1.54) is 0 Å². The van der Waals surface area contributed by atoms with Crippen LogP contribution in [0.2, 0.25) is 0 Å². The van der Waals surface area contributed by atoms with Crippen LogP contribution in [-0.2, 0) is 0 Å². The molecule has 0 saturated carbocycles. The van der Waals surface area contributed by atoms with Crippen molar-refractivity contribution in [2.24, 2.45) is 0 Å². The predicted octanol–water partition coefficient (Wildman–Crippen LogP) is 2.26. The first-order valence-corrected chi connectivity index (χ1v) is 4.64. The molecular formula is C12H10N2O. The lowest BCUT2D eigenvalue weighted by atomic mass is 10.1. The van der Waals surface area contributed by atoms with Crippen LogP contribution in [0.3, 0.4) is 0 Å². The number of benzene rings is 1. The Morgan fingerprint density at radius 3 is 2.53 bits per heavy atom. The minimum Gasteiger partial charge on any atom is -0.298 e. The first kappa shape index (κ1) is 9.52. The van der Waals surface area contributed by atoms with E-state index >= 15 is 0 Å². The van der Waals surface area contributed by atoms with Gasteiger partial charge in [0.15, 0.2) is 0 Å². The highest BCUT2D eigenvalue weighted by molar-refractivity contribution is 5.78. The van der Waals surface area contributed by atoms with Crippen molar-refractivity contribution in [3.63, 3.8) is 0 Å². The summed E-state index contributed by atoms with van der Waals surface area (Å²) >= 11 is 0. The van der Waals surface area contributed by atoms with Gasteiger partial charge < -0.3 is 0 Å². The van der Waals surface area contributed by atoms with E-state index in [-0.39, 0.29) is 0 Å². The third kappa shape index (κ3) is 2.07. The van der Waals surface area contributed by atoms with E-state index in [9.17, 15) is 4.79 Å². The van der Waals surface area contributed by atoms with Gasteiger partial charge in [0, 0.05) is 23.5 Å². The van der Waals surface area contributed by atoms with Gasteiger partial charge in [-0.1, -0.05) is 18.2 Å². The fourth-order valence-electron chi connectivity index (χ4n) is 1.33. The Morgan fingerprint density at radius 2 is 1.87 bits per heavy atom. The summed E-state index contributed by atoms with van der Waals surface area (Å²) < 4.78 is 0. The molecule has 3 heteroatoms. The van der Waals surface area contributed by atoms with E-state index < -0.39 is 0 Å². The molecule has 0 fully saturated rings. The molecule has 1 aromatic carbocycles. The second-order valence-electron chi connectivity index (χ2n) is 3.26. The maximum absolute atomic E-state index is 10.6. The summed E-state index contributed by atoms with van der Waals surface area (Å²) in [4.78, 5) is 18.8. The highest BCUT2D eigenvalue weighted by Crippen LogP contribution is 2.17. The summed E-state index contributed by atoms with van der Waals surface area (Å²) in [5.41, 5.74) is 2.54. The van der Waals surface area contributed by atoms with Crippen LogP contribution in [0.5, 0.6) is 0 Å². The fourth-order valence-corrected chi connectivity index (χ4v) is 1.33. The molecule has 1 aromatic heterocycles. The van der Waals surface area contributed by atoms with E-state index in [0.717, 1.165) is 23.2 Å². The van der Waals surface area contributed by atoms with Crippen LogP contribution in [0.1, 0.15) is 16.2 Å². The zero-order chi connectivity index (χ0) is 10.7. The Hall–Kier alpha value is -2.03. The number of carbonyl (C=O) groups excluding carboxylic acids is 1. The van der Waals surface area contributed by atoms with Gasteiger partial charge in [-0.25, -0.2) is 9.97 Å². The van der Waals surface area contributed by atoms with Crippen molar-refractivity contribution in [2.45, 2.75) is 6.92 Å². The van der Waals surface area contributed by atoms with E-state index in [1.807, 2.05) is 25.1 Å². The molecule has 0 aliphatic carbocycles. The molecule has 74 valence electrons. The van der Waals surface area contributed by atoms with Crippen molar-refractivity contribution in [1.29, 1.82) is 0 Å². The molecule has 0 amide bonds. The second kappa shape index (κ2) is 4.00. The number of rotatable bonds is 2. The van der Waals surface area contributed by atoms with Crippen LogP contribution in [0.4, 0.5) is 0 Å². The SMILES string of the molecule is Cc1ncc(-c2cccc(C=O)c2)cn1. The number of hydrogen-bond acceptors (Lipinski definition) is 3. The lowest BCUT2D eigenvalue weighted by Crippen LogP contribution is -1.88. The van der Waals surface area contributed by atoms with Gasteiger partial charge in [0.05, 0.1) is 0 Å². The summed E-state index contributed by atoms with van der Waals surface area (Å²) in [5.74, 6) is 0.741. The molecule has 0 N–H and O–H groups in total. The Kier molecular flexibility index (Phi) is 2.54. The Bertz CT molecular complexity index is 477. The number of nitrogens with zero attached hydrogens (tertiary/aromatic N) is 2. The van der Waals surface area contributed by atoms with Crippen LogP contribution in [0, 0.1) is 6.92 Å². The van der Waals surface area contributed by atoms with Gasteiger partial charge in [-0.15, -0.1) is 0 Å². The van der Waals surface area contributed by atoms with Crippen molar-refractivity contribution in [2.75, 3.05) is 0 Å². The Labute approximate surface area is 87.8 Å². The molecule has 15 heavy (non-hydrogen) atoms. The molecule has 0 aliphatic rings. The van der Waals surface area contributed by atoms with Crippen molar-refractivity contribution in [1.82, 2.24) is 9.97 Å². The minimum absolute atomic E-state index is 0.660. The number of aldehydes is 1. The molecule has 2 aromatic rings. The van der Waals surface area contributed by atoms with Gasteiger partial charge in [-0.05, 0) is 18.6 Å². The summed E-state index contributed by atoms with van der Waals surface area (Å²) in [7, 11) is 0. The van der Waals surface area contributed by atoms with Gasteiger partial charge >= 0.3 is 0 Å². The summed E-state index contributed by atoms with van der Waals surface area (Å²) in [5, 5.41) is 0. The zero-order valence-corrected chi connectivity index (χ0v) is 8.34. The van der Waals surface area contributed by atoms with Crippen molar-refractivity contribution in [3.05, 3.63) is 48.0 Å². The highest BCUT2D eigenvalue weighted by Gasteiger charge is 1.99. The molecule has 2 rings (SSSR count). The largest absolute Gasteiger partial charge is 0.298 e. The molecule has 0 saturated heterocycles. The van der Waals surface area contributed by atoms with E-state index in [2.05, 4.69) is 9.97 Å². The standard InChI is InChI=1S/C12H10N2O/c1-9-13-6-12(7-14-9)11-4-2-3-10(5-11)8-15/h2-8H,1H3. The Morgan fingerprint density at radius 1 is 1.13 bits per heavy atom. The topological polar surface area (TPSA) is 42.9 Å². The summed E-state index contributed by atoms with van der Waals surface area (Å²) in [6.07, 6.45) is 4.34. The monoisotopic (exact) mass is 198 g/mol. The molecule has 0 aliphatic heterocycles. The van der Waals surface area contributed by atoms with Crippen molar-refractivity contribution in [3.8, 4) is 11.1 Å². The van der Waals surface area contributed by atoms with Crippen LogP contribution in [0.25, 0.3) is 11.1 Å². The minimum atomic E-state index is 0.660. The van der Waals surface area contributed by atoms with Gasteiger partial charge in [-0.2, -0.15) is 0 Å². The highest BCUT2D eigenvalue weighted by atomic mass is 16.1. The van der Waals surface area contributed by atoms with Crippen molar-refractivity contribution >= 4 is 6.29 Å². The van der Waals surface area contributed by atoms with E-state index in [0.29, 0.717) is 5.56 Å². The van der Waals surface area contributed by atoms with Crippen LogP contribution >= 0.6 is 0 Å². The molecule has 0 atom stereocenters. The van der Waals surface area contributed by atoms with Crippen LogP contribution < -0.4 is 0 Å². The molecule has 1 heterocycles. The smallest absolute Gasteiger partial charge is 0.150 e. The van der Waals surface area contributed by atoms with E-state index in [4.69, 9.17) is 0 Å². The number of aromatic nitrogens is 2. The van der Waals surface area contributed by atoms with Gasteiger partial charge in [0.25, 0.3) is 0 Å². The van der Waals surface area contributed by atoms with E-state index in [1.54, 1.807) is 18.5 Å². The first-order valence-electron chi connectivity index (χ1n) is 4.64. The fraction of sp³-hybridized carbons (Fsp3) is 0.0833. The van der Waals surface area contributed by atoms with Gasteiger partial charge in [0.2, 0.25) is 0 Å². The summed E-state index contributed by atoms with van der Waals surface area (Å²) in [6, 6.07) is 7.37. The normalized spacial score (nSPS) is 9.93. The Balaban J connectivity index is 2.44. The van der Waals surface area contributed by atoms with Crippen LogP contribution in [-0.4, -0.2) is 16.3 Å². The average Bonchev–Trinajstić information content (AvgIpc) is 2.30. The molecule has 0 bridgehead atoms. The van der Waals surface area contributed by atoms with Crippen molar-refractivity contribution < 1.29 is 4.79 Å². The summed E-state index contributed by atoms with van der Waals surface area (Å²) in [6.45, 7) is 1.84. The molecular weight excluding hydrogens is 188 g/mol. The van der Waals surface area contributed by atoms with Gasteiger partial charge in [-0.3, -0.25) is 4.79 Å². The molecule has 0 unspecified atom stereocenters. The predicted molar refractivity (Wildman–Crippen MR) is 57.6 cm³/mol. The van der Waals surface area contributed by atoms with Gasteiger partial charge in [0.1, 0.15) is 12.1 Å². The third-order valence-corrected chi connectivity index (χ3v) is 2.14. The maximum Gasteiger partial charge on any atom is 0.150 e. The number of aryl methyl sites for hydroxylation is 1. The number of hydrogen-bond donors (Lipinski definition) is 0. The zero-order valence-electron chi connectivity index (χ0n) is 8.34. The second-order valence-corrected chi connectivity index (χ2v) is 3.26. The quantitative estimate of drug-likeness (QED) is 0.695. The molecule has 0 spiro atoms. The molecule has 3 nitrogen and oxygen atoms in total. The van der Waals surface area contributed by atoms with Crippen LogP contribution in [0.15, 0.2) is 36.7 Å². The first-order chi connectivity index (χ1) is 7.29.